The fraction of sp³-hybridized carbons (Fsp3) is 0.0189. The SMILES string of the molecule is COc1ccccc1-c1noc(-c2ccccc2O)n1.OCc1ccccc1-c1nc(-c2ccccc2O)no1.Oc1ccccc1-c1nc(-c2ccccc2-c2ccccc2)no1.Oc1ccccc1-c1nc(-c2ccccc2-c2ccsc2)no1.Oc1ccccc1-c1nc(-c2cccnc2)no1.Oc1ccccc1-c1noc(-c2cccnc2)n1.Oc1ccccc1-c1noc(-c2cccs2)n1. The number of aliphatic hydroxyl groups is 1. The first-order chi connectivity index (χ1) is 68.8. The summed E-state index contributed by atoms with van der Waals surface area (Å²) >= 11 is 3.18. The average molecular weight is 1890 g/mol. The largest absolute Gasteiger partial charge is 0.507 e. The van der Waals surface area contributed by atoms with E-state index in [0.29, 0.717) is 126 Å². The average Bonchev–Trinajstić information content (AvgIpc) is 1.80. The van der Waals surface area contributed by atoms with Gasteiger partial charge in [-0.3, -0.25) is 9.97 Å². The summed E-state index contributed by atoms with van der Waals surface area (Å²) in [6, 6.07) is 102. The van der Waals surface area contributed by atoms with Crippen LogP contribution in [-0.2, 0) is 6.61 Å². The number of benzene rings is 12. The summed E-state index contributed by atoms with van der Waals surface area (Å²) in [5, 5.41) is 111. The predicted octanol–water partition coefficient (Wildman–Crippen LogP) is 23.5. The quantitative estimate of drug-likeness (QED) is 0.0395. The van der Waals surface area contributed by atoms with Gasteiger partial charge in [0.05, 0.1) is 68.7 Å². The fourth-order valence-electron chi connectivity index (χ4n) is 13.7. The Hall–Kier alpha value is -19.3. The number of hydrogen-bond acceptors (Lipinski definition) is 34. The number of phenols is 7. The highest BCUT2D eigenvalue weighted by Crippen LogP contribution is 2.41. The number of pyridine rings is 2. The number of aromatic hydroxyl groups is 7. The van der Waals surface area contributed by atoms with E-state index in [-0.39, 0.29) is 58.6 Å². The summed E-state index contributed by atoms with van der Waals surface area (Å²) in [7, 11) is 1.59. The molecule has 8 N–H and O–H groups in total. The molecule has 34 heteroatoms. The lowest BCUT2D eigenvalue weighted by molar-refractivity contribution is 0.282. The van der Waals surface area contributed by atoms with Gasteiger partial charge in [-0.2, -0.15) is 46.2 Å². The highest BCUT2D eigenvalue weighted by molar-refractivity contribution is 7.13. The van der Waals surface area contributed by atoms with Crippen LogP contribution in [0.4, 0.5) is 0 Å². The molecule has 32 nitrogen and oxygen atoms in total. The van der Waals surface area contributed by atoms with Crippen LogP contribution >= 0.6 is 22.7 Å². The van der Waals surface area contributed by atoms with E-state index in [0.717, 1.165) is 54.9 Å². The number of thiophene rings is 2. The van der Waals surface area contributed by atoms with E-state index in [4.69, 9.17) is 36.4 Å². The Balaban J connectivity index is 0.000000113. The first-order valence-electron chi connectivity index (χ1n) is 42.6. The summed E-state index contributed by atoms with van der Waals surface area (Å²) in [5.74, 6) is 6.70. The van der Waals surface area contributed by atoms with Crippen LogP contribution in [-0.4, -0.2) is 129 Å². The number of aliphatic hydroxyl groups excluding tert-OH is 1. The van der Waals surface area contributed by atoms with E-state index in [1.807, 2.05) is 168 Å². The van der Waals surface area contributed by atoms with Gasteiger partial charge in [0.15, 0.2) is 0 Å². The molecule has 0 atom stereocenters. The van der Waals surface area contributed by atoms with E-state index in [1.54, 1.807) is 219 Å². The van der Waals surface area contributed by atoms with Gasteiger partial charge >= 0.3 is 0 Å². The maximum atomic E-state index is 9.95. The molecule has 12 aromatic carbocycles. The van der Waals surface area contributed by atoms with Gasteiger partial charge in [-0.15, -0.1) is 11.3 Å². The minimum absolute atomic E-state index is 0.0929. The lowest BCUT2D eigenvalue weighted by atomic mass is 9.99. The number of ether oxygens (including phenoxy) is 1. The monoisotopic (exact) mass is 1890 g/mol. The lowest BCUT2D eigenvalue weighted by Crippen LogP contribution is -1.89. The topological polar surface area (TPSA) is 469 Å². The lowest BCUT2D eigenvalue weighted by Gasteiger charge is -2.06. The normalized spacial score (nSPS) is 10.6. The number of nitrogens with zero attached hydrogens (tertiary/aromatic N) is 16. The molecule has 0 radical (unpaired) electrons. The highest BCUT2D eigenvalue weighted by atomic mass is 32.1. The third-order valence-corrected chi connectivity index (χ3v) is 22.1. The van der Waals surface area contributed by atoms with Crippen LogP contribution < -0.4 is 4.74 Å². The van der Waals surface area contributed by atoms with Gasteiger partial charge in [-0.25, -0.2) is 0 Å². The third kappa shape index (κ3) is 22.4. The van der Waals surface area contributed by atoms with Crippen molar-refractivity contribution in [3.8, 4) is 227 Å². The number of aromatic nitrogens is 16. The second-order valence-corrected chi connectivity index (χ2v) is 31.3. The summed E-state index contributed by atoms with van der Waals surface area (Å²) in [6.45, 7) is -0.107. The molecule has 0 spiro atoms. The van der Waals surface area contributed by atoms with Crippen molar-refractivity contribution in [1.29, 1.82) is 0 Å². The number of hydrogen-bond donors (Lipinski definition) is 8. The van der Waals surface area contributed by atoms with Crippen LogP contribution in [0.5, 0.6) is 46.0 Å². The maximum absolute atomic E-state index is 9.95. The number of rotatable bonds is 18. The van der Waals surface area contributed by atoms with Crippen LogP contribution in [0.2, 0.25) is 0 Å². The maximum Gasteiger partial charge on any atom is 0.268 e. The molecule has 0 amide bonds. The van der Waals surface area contributed by atoms with Crippen LogP contribution in [0, 0.1) is 0 Å². The van der Waals surface area contributed by atoms with Crippen LogP contribution in [0.3, 0.4) is 0 Å². The summed E-state index contributed by atoms with van der Waals surface area (Å²) in [5.41, 5.74) is 13.4. The van der Waals surface area contributed by atoms with E-state index in [2.05, 4.69) is 92.4 Å². The summed E-state index contributed by atoms with van der Waals surface area (Å²) in [6.07, 6.45) is 6.64. The van der Waals surface area contributed by atoms with Crippen molar-refractivity contribution in [2.45, 2.75) is 6.61 Å². The standard InChI is InChI=1S/C20H14N2O2.C18H12N2O2S.2C15H12N2O3.2C13H9N3O2.C12H8N2O2S/c23-18-13-7-6-12-17(18)20-21-19(22-24-20)16-11-5-4-10-15(16)14-8-2-1-3-9-14;21-16-8-4-3-7-15(16)18-19-17(20-22-18)14-6-2-1-5-13(14)12-9-10-23-11-12;1-19-13-9-5-3-7-11(13)14-16-15(20-17-14)10-6-2-4-8-12(10)18;18-9-10-5-1-2-6-11(10)15-16-14(17-20-15)12-7-3-4-8-13(12)19;17-11-6-2-1-5-10(11)12-15-13(18-16-12)9-4-3-7-14-8-9;17-11-6-2-1-5-10(11)13-15-12(16-18-13)9-4-3-7-14-8-9;15-9-5-2-1-4-8(9)11-13-12(16-14-11)10-6-3-7-17-10/h1-13,23H;1-11,21H;2-9,18H,1H3;1-8,18-19H,9H2;2*1-8,17H;1-7,15H. The zero-order valence-corrected chi connectivity index (χ0v) is 75.0. The van der Waals surface area contributed by atoms with Crippen molar-refractivity contribution < 1.29 is 77.3 Å². The van der Waals surface area contributed by atoms with Crippen molar-refractivity contribution in [3.63, 3.8) is 0 Å². The molecule has 0 aliphatic carbocycles. The van der Waals surface area contributed by atoms with E-state index < -0.39 is 0 Å². The molecule has 0 bridgehead atoms. The molecule has 11 aromatic heterocycles. The molecule has 0 fully saturated rings. The molecular weight excluding hydrogens is 1820 g/mol. The highest BCUT2D eigenvalue weighted by Gasteiger charge is 2.24. The molecule has 23 rings (SSSR count). The van der Waals surface area contributed by atoms with Crippen LogP contribution in [0.1, 0.15) is 5.56 Å². The summed E-state index contributed by atoms with van der Waals surface area (Å²) in [4.78, 5) is 39.1. The van der Waals surface area contributed by atoms with Crippen molar-refractivity contribution in [2.24, 2.45) is 0 Å². The predicted molar refractivity (Wildman–Crippen MR) is 523 cm³/mol. The molecule has 0 saturated heterocycles. The van der Waals surface area contributed by atoms with Crippen molar-refractivity contribution >= 4 is 22.7 Å². The van der Waals surface area contributed by atoms with Crippen molar-refractivity contribution in [2.75, 3.05) is 7.11 Å². The molecule has 11 heterocycles. The van der Waals surface area contributed by atoms with Gasteiger partial charge in [-0.1, -0.05) is 236 Å². The minimum atomic E-state index is -0.107. The fourth-order valence-corrected chi connectivity index (χ4v) is 15.0. The summed E-state index contributed by atoms with van der Waals surface area (Å²) < 4.78 is 41.8. The Morgan fingerprint density at radius 2 is 0.550 bits per heavy atom. The van der Waals surface area contributed by atoms with Gasteiger partial charge in [-0.05, 0) is 183 Å². The number of phenolic OH excluding ortho intramolecular Hbond substituents is 7. The Bertz CT molecular complexity index is 7710. The second-order valence-electron chi connectivity index (χ2n) is 29.5. The van der Waals surface area contributed by atoms with Gasteiger partial charge < -0.3 is 77.3 Å². The molecule has 0 aliphatic heterocycles. The molecular formula is C106H76N16O16S2. The Kier molecular flexibility index (Phi) is 29.7. The van der Waals surface area contributed by atoms with E-state index in [9.17, 15) is 40.9 Å². The molecule has 0 unspecified atom stereocenters. The van der Waals surface area contributed by atoms with E-state index in [1.165, 1.54) is 11.3 Å². The van der Waals surface area contributed by atoms with Gasteiger partial charge in [0.25, 0.3) is 41.2 Å². The molecule has 140 heavy (non-hydrogen) atoms. The Morgan fingerprint density at radius 3 is 0.943 bits per heavy atom. The number of methoxy groups -OCH3 is 1. The Morgan fingerprint density at radius 1 is 0.243 bits per heavy atom. The zero-order valence-electron chi connectivity index (χ0n) is 73.4. The molecule has 23 aromatic rings. The molecule has 0 saturated carbocycles. The van der Waals surface area contributed by atoms with Crippen LogP contribution in [0.15, 0.2) is 412 Å². The number of para-hydroxylation sites is 8. The Labute approximate surface area is 803 Å². The first kappa shape index (κ1) is 92.5. The smallest absolute Gasteiger partial charge is 0.268 e. The first-order valence-corrected chi connectivity index (χ1v) is 44.4. The van der Waals surface area contributed by atoms with Crippen molar-refractivity contribution in [1.82, 2.24) is 81.0 Å². The molecule has 688 valence electrons. The van der Waals surface area contributed by atoms with Crippen LogP contribution in [0.25, 0.3) is 181 Å². The zero-order chi connectivity index (χ0) is 96.3. The second kappa shape index (κ2) is 44.9. The van der Waals surface area contributed by atoms with Gasteiger partial charge in [0, 0.05) is 47.0 Å². The van der Waals surface area contributed by atoms with Gasteiger partial charge in [0.2, 0.25) is 40.8 Å². The van der Waals surface area contributed by atoms with Crippen molar-refractivity contribution in [3.05, 3.63) is 386 Å². The minimum Gasteiger partial charge on any atom is -0.507 e. The van der Waals surface area contributed by atoms with E-state index >= 15 is 0 Å². The molecule has 0 aliphatic rings. The third-order valence-electron chi connectivity index (χ3n) is 20.5. The van der Waals surface area contributed by atoms with Gasteiger partial charge in [0.1, 0.15) is 46.0 Å².